The number of aromatic hydroxyl groups is 1. The van der Waals surface area contributed by atoms with E-state index in [0.29, 0.717) is 0 Å². The van der Waals surface area contributed by atoms with Crippen LogP contribution in [0.2, 0.25) is 5.02 Å². The van der Waals surface area contributed by atoms with Crippen LogP contribution in [0.15, 0.2) is 34.9 Å². The second-order valence-corrected chi connectivity index (χ2v) is 3.62. The first kappa shape index (κ1) is 11.5. The minimum Gasteiger partial charge on any atom is -0.506 e. The van der Waals surface area contributed by atoms with Crippen molar-refractivity contribution in [1.82, 2.24) is 0 Å². The smallest absolute Gasteiger partial charge is 0.291 e. The maximum Gasteiger partial charge on any atom is 0.291 e. The monoisotopic (exact) mass is 255 g/mol. The van der Waals surface area contributed by atoms with Crippen LogP contribution in [0.25, 0.3) is 0 Å². The predicted octanol–water partition coefficient (Wildman–Crippen LogP) is 3.03. The van der Waals surface area contributed by atoms with E-state index in [2.05, 4.69) is 5.32 Å². The Kier molecular flexibility index (Phi) is 3.01. The third kappa shape index (κ3) is 2.39. The molecule has 6 heteroatoms. The van der Waals surface area contributed by atoms with Crippen molar-refractivity contribution in [2.24, 2.45) is 0 Å². The molecule has 2 N–H and O–H groups in total. The van der Waals surface area contributed by atoms with Crippen LogP contribution in [-0.2, 0) is 0 Å². The zero-order valence-electron chi connectivity index (χ0n) is 8.41. The van der Waals surface area contributed by atoms with E-state index in [1.165, 1.54) is 18.4 Å². The molecule has 88 valence electrons. The lowest BCUT2D eigenvalue weighted by atomic mass is 10.2. The van der Waals surface area contributed by atoms with E-state index in [1.807, 2.05) is 0 Å². The molecule has 1 aromatic carbocycles. The van der Waals surface area contributed by atoms with Gasteiger partial charge in [0, 0.05) is 6.07 Å². The van der Waals surface area contributed by atoms with E-state index < -0.39 is 11.7 Å². The van der Waals surface area contributed by atoms with Crippen LogP contribution in [0.4, 0.5) is 10.1 Å². The first-order chi connectivity index (χ1) is 8.08. The van der Waals surface area contributed by atoms with Crippen LogP contribution in [0.1, 0.15) is 10.6 Å². The quantitative estimate of drug-likeness (QED) is 0.811. The lowest BCUT2D eigenvalue weighted by Gasteiger charge is -2.06. The lowest BCUT2D eigenvalue weighted by Crippen LogP contribution is -2.12. The summed E-state index contributed by atoms with van der Waals surface area (Å²) in [6, 6.07) is 4.91. The number of rotatable bonds is 2. The number of carbonyl (C=O) groups excluding carboxylic acids is 1. The summed E-state index contributed by atoms with van der Waals surface area (Å²) in [4.78, 5) is 11.5. The fourth-order valence-electron chi connectivity index (χ4n) is 1.22. The summed E-state index contributed by atoms with van der Waals surface area (Å²) in [7, 11) is 0. The van der Waals surface area contributed by atoms with Crippen molar-refractivity contribution >= 4 is 23.2 Å². The molecule has 1 aromatic heterocycles. The van der Waals surface area contributed by atoms with E-state index in [9.17, 15) is 9.18 Å². The summed E-state index contributed by atoms with van der Waals surface area (Å²) in [6.45, 7) is 0. The molecule has 0 radical (unpaired) electrons. The Hall–Kier alpha value is -2.01. The highest BCUT2D eigenvalue weighted by molar-refractivity contribution is 6.32. The number of benzene rings is 1. The molecule has 0 saturated carbocycles. The minimum absolute atomic E-state index is 0.0496. The van der Waals surface area contributed by atoms with Gasteiger partial charge < -0.3 is 14.8 Å². The Morgan fingerprint density at radius 2 is 2.24 bits per heavy atom. The Balaban J connectivity index is 2.25. The summed E-state index contributed by atoms with van der Waals surface area (Å²) in [5.74, 6) is -1.73. The molecule has 0 aliphatic rings. The first-order valence-corrected chi connectivity index (χ1v) is 4.98. The molecule has 1 amide bonds. The third-order valence-corrected chi connectivity index (χ3v) is 2.33. The van der Waals surface area contributed by atoms with Crippen LogP contribution in [-0.4, -0.2) is 11.0 Å². The van der Waals surface area contributed by atoms with E-state index in [0.717, 1.165) is 12.1 Å². The van der Waals surface area contributed by atoms with Gasteiger partial charge in [-0.1, -0.05) is 11.6 Å². The normalized spacial score (nSPS) is 10.2. The summed E-state index contributed by atoms with van der Waals surface area (Å²) in [5.41, 5.74) is -0.130. The number of phenols is 1. The Labute approximate surface area is 101 Å². The minimum atomic E-state index is -0.785. The second kappa shape index (κ2) is 4.47. The van der Waals surface area contributed by atoms with Gasteiger partial charge in [0.15, 0.2) is 11.6 Å². The standard InChI is InChI=1S/C11H7ClFNO3/c12-6-4-8(7(13)5-9(6)15)14-11(16)10-2-1-3-17-10/h1-5,15H,(H,14,16). The van der Waals surface area contributed by atoms with Gasteiger partial charge in [-0.2, -0.15) is 0 Å². The highest BCUT2D eigenvalue weighted by Crippen LogP contribution is 2.29. The molecule has 0 fully saturated rings. The molecule has 2 rings (SSSR count). The number of hydrogen-bond donors (Lipinski definition) is 2. The number of amides is 1. The van der Waals surface area contributed by atoms with Crippen LogP contribution in [0, 0.1) is 5.82 Å². The van der Waals surface area contributed by atoms with Crippen molar-refractivity contribution in [3.63, 3.8) is 0 Å². The van der Waals surface area contributed by atoms with Crippen LogP contribution < -0.4 is 5.32 Å². The average molecular weight is 256 g/mol. The highest BCUT2D eigenvalue weighted by atomic mass is 35.5. The summed E-state index contributed by atoms with van der Waals surface area (Å²) >= 11 is 5.60. The molecule has 17 heavy (non-hydrogen) atoms. The molecule has 2 aromatic rings. The number of hydrogen-bond acceptors (Lipinski definition) is 3. The van der Waals surface area contributed by atoms with E-state index >= 15 is 0 Å². The number of anilines is 1. The van der Waals surface area contributed by atoms with Crippen molar-refractivity contribution in [2.75, 3.05) is 5.32 Å². The van der Waals surface area contributed by atoms with Gasteiger partial charge in [-0.05, 0) is 18.2 Å². The predicted molar refractivity (Wildman–Crippen MR) is 59.7 cm³/mol. The van der Waals surface area contributed by atoms with Gasteiger partial charge in [-0.15, -0.1) is 0 Å². The Bertz CT molecular complexity index is 554. The maximum atomic E-state index is 13.4. The molecule has 0 spiro atoms. The molecule has 0 saturated heterocycles. The molecule has 0 aliphatic heterocycles. The fourth-order valence-corrected chi connectivity index (χ4v) is 1.39. The average Bonchev–Trinajstić information content (AvgIpc) is 2.79. The van der Waals surface area contributed by atoms with Crippen molar-refractivity contribution in [1.29, 1.82) is 0 Å². The first-order valence-electron chi connectivity index (χ1n) is 4.61. The zero-order chi connectivity index (χ0) is 12.4. The molecule has 4 nitrogen and oxygen atoms in total. The SMILES string of the molecule is O=C(Nc1cc(Cl)c(O)cc1F)c1ccco1. The molecular weight excluding hydrogens is 249 g/mol. The van der Waals surface area contributed by atoms with Crippen molar-refractivity contribution in [3.8, 4) is 5.75 Å². The van der Waals surface area contributed by atoms with E-state index in [-0.39, 0.29) is 22.2 Å². The number of halogens is 2. The van der Waals surface area contributed by atoms with Gasteiger partial charge in [0.2, 0.25) is 0 Å². The third-order valence-electron chi connectivity index (χ3n) is 2.03. The van der Waals surface area contributed by atoms with Crippen LogP contribution >= 0.6 is 11.6 Å². The van der Waals surface area contributed by atoms with Gasteiger partial charge in [0.25, 0.3) is 5.91 Å². The lowest BCUT2D eigenvalue weighted by molar-refractivity contribution is 0.0996. The second-order valence-electron chi connectivity index (χ2n) is 3.21. The van der Waals surface area contributed by atoms with Crippen molar-refractivity contribution < 1.29 is 18.7 Å². The molecular formula is C11H7ClFNO3. The largest absolute Gasteiger partial charge is 0.506 e. The topological polar surface area (TPSA) is 62.5 Å². The van der Waals surface area contributed by atoms with Gasteiger partial charge in [-0.25, -0.2) is 4.39 Å². The van der Waals surface area contributed by atoms with Crippen molar-refractivity contribution in [3.05, 3.63) is 47.1 Å². The number of phenolic OH excluding ortho intramolecular Hbond substituents is 1. The van der Waals surface area contributed by atoms with Crippen LogP contribution in [0.5, 0.6) is 5.75 Å². The van der Waals surface area contributed by atoms with Gasteiger partial charge in [0.1, 0.15) is 5.75 Å². The molecule has 0 aliphatic carbocycles. The fraction of sp³-hybridized carbons (Fsp3) is 0. The molecule has 0 unspecified atom stereocenters. The van der Waals surface area contributed by atoms with Gasteiger partial charge in [-0.3, -0.25) is 4.79 Å². The number of carbonyl (C=O) groups is 1. The van der Waals surface area contributed by atoms with E-state index in [1.54, 1.807) is 0 Å². The molecule has 1 heterocycles. The number of furan rings is 1. The van der Waals surface area contributed by atoms with Crippen molar-refractivity contribution in [2.45, 2.75) is 0 Å². The van der Waals surface area contributed by atoms with Crippen LogP contribution in [0.3, 0.4) is 0 Å². The maximum absolute atomic E-state index is 13.4. The van der Waals surface area contributed by atoms with E-state index in [4.69, 9.17) is 21.1 Å². The molecule has 0 bridgehead atoms. The Morgan fingerprint density at radius 3 is 2.88 bits per heavy atom. The Morgan fingerprint density at radius 1 is 1.47 bits per heavy atom. The van der Waals surface area contributed by atoms with Gasteiger partial charge in [0.05, 0.1) is 17.0 Å². The highest BCUT2D eigenvalue weighted by Gasteiger charge is 2.13. The summed E-state index contributed by atoms with van der Waals surface area (Å²) in [6.07, 6.45) is 1.33. The summed E-state index contributed by atoms with van der Waals surface area (Å²) < 4.78 is 18.2. The van der Waals surface area contributed by atoms with Gasteiger partial charge >= 0.3 is 0 Å². The number of nitrogens with one attached hydrogen (secondary N) is 1. The molecule has 0 atom stereocenters. The zero-order valence-corrected chi connectivity index (χ0v) is 9.16. The summed E-state index contributed by atoms with van der Waals surface area (Å²) in [5, 5.41) is 11.4.